The van der Waals surface area contributed by atoms with Crippen molar-refractivity contribution in [2.75, 3.05) is 18.0 Å². The molecule has 1 saturated heterocycles. The van der Waals surface area contributed by atoms with Crippen LogP contribution in [0.2, 0.25) is 0 Å². The quantitative estimate of drug-likeness (QED) is 0.697. The third kappa shape index (κ3) is 5.31. The zero-order valence-electron chi connectivity index (χ0n) is 17.6. The Kier molecular flexibility index (Phi) is 6.53. The maximum Gasteiger partial charge on any atom is 0.391 e. The summed E-state index contributed by atoms with van der Waals surface area (Å²) in [5.74, 6) is -0.867. The zero-order valence-corrected chi connectivity index (χ0v) is 17.6. The molecule has 0 radical (unpaired) electrons. The van der Waals surface area contributed by atoms with Crippen molar-refractivity contribution in [3.05, 3.63) is 36.7 Å². The number of nitrogens with zero attached hydrogens (tertiary/aromatic N) is 3. The molecule has 2 aliphatic rings. The van der Waals surface area contributed by atoms with Crippen LogP contribution in [0.4, 0.5) is 19.0 Å². The van der Waals surface area contributed by atoms with Gasteiger partial charge in [0.15, 0.2) is 0 Å². The lowest BCUT2D eigenvalue weighted by molar-refractivity contribution is -0.185. The van der Waals surface area contributed by atoms with Crippen molar-refractivity contribution >= 4 is 11.8 Å². The maximum absolute atomic E-state index is 12.8. The van der Waals surface area contributed by atoms with Crippen molar-refractivity contribution in [3.8, 4) is 17.0 Å². The van der Waals surface area contributed by atoms with Gasteiger partial charge in [-0.2, -0.15) is 13.2 Å². The van der Waals surface area contributed by atoms with Gasteiger partial charge in [-0.05, 0) is 62.8 Å². The molecule has 0 spiro atoms. The number of benzene rings is 1. The van der Waals surface area contributed by atoms with E-state index < -0.39 is 18.1 Å². The van der Waals surface area contributed by atoms with E-state index in [1.54, 1.807) is 0 Å². The standard InChI is InChI=1S/C23H26F3N3O3/c24-23(25,26)17-3-7-19(8-4-17)32-18-5-1-15(2-6-18)20-13-21(28-14-27-20)29-11-9-16(10-12-29)22(30)31/h1-2,5-6,13-14,16-17,19H,3-4,7-12H2,(H,30,31). The van der Waals surface area contributed by atoms with Crippen LogP contribution in [0.3, 0.4) is 0 Å². The summed E-state index contributed by atoms with van der Waals surface area (Å²) in [6, 6.07) is 9.25. The number of anilines is 1. The molecule has 1 aromatic carbocycles. The van der Waals surface area contributed by atoms with Gasteiger partial charge in [0.1, 0.15) is 17.9 Å². The number of aliphatic carboxylic acids is 1. The Labute approximate surface area is 184 Å². The fourth-order valence-electron chi connectivity index (χ4n) is 4.44. The molecule has 1 aliphatic heterocycles. The first kappa shape index (κ1) is 22.4. The molecule has 1 N–H and O–H groups in total. The number of halogens is 3. The Morgan fingerprint density at radius 3 is 2.25 bits per heavy atom. The molecule has 6 nitrogen and oxygen atoms in total. The van der Waals surface area contributed by atoms with Gasteiger partial charge in [0.2, 0.25) is 0 Å². The van der Waals surface area contributed by atoms with Crippen LogP contribution in [0.15, 0.2) is 36.7 Å². The molecule has 0 bridgehead atoms. The van der Waals surface area contributed by atoms with Crippen molar-refractivity contribution in [2.45, 2.75) is 50.8 Å². The molecule has 2 fully saturated rings. The second-order valence-corrected chi connectivity index (χ2v) is 8.52. The normalized spacial score (nSPS) is 22.5. The lowest BCUT2D eigenvalue weighted by Gasteiger charge is -2.31. The Hall–Kier alpha value is -2.84. The summed E-state index contributed by atoms with van der Waals surface area (Å²) in [5.41, 5.74) is 1.62. The predicted octanol–water partition coefficient (Wildman–Crippen LogP) is 4.94. The molecule has 32 heavy (non-hydrogen) atoms. The monoisotopic (exact) mass is 449 g/mol. The van der Waals surface area contributed by atoms with Crippen LogP contribution in [0.25, 0.3) is 11.3 Å². The van der Waals surface area contributed by atoms with E-state index in [4.69, 9.17) is 9.84 Å². The second-order valence-electron chi connectivity index (χ2n) is 8.52. The summed E-state index contributed by atoms with van der Waals surface area (Å²) in [7, 11) is 0. The molecular weight excluding hydrogens is 423 g/mol. The van der Waals surface area contributed by atoms with Crippen LogP contribution in [0.5, 0.6) is 5.75 Å². The van der Waals surface area contributed by atoms with Gasteiger partial charge in [-0.3, -0.25) is 4.79 Å². The van der Waals surface area contributed by atoms with Gasteiger partial charge < -0.3 is 14.7 Å². The van der Waals surface area contributed by atoms with Crippen molar-refractivity contribution in [2.24, 2.45) is 11.8 Å². The molecule has 2 heterocycles. The third-order valence-electron chi connectivity index (χ3n) is 6.41. The minimum Gasteiger partial charge on any atom is -0.490 e. The van der Waals surface area contributed by atoms with E-state index in [1.165, 1.54) is 6.33 Å². The van der Waals surface area contributed by atoms with E-state index in [-0.39, 0.29) is 24.9 Å². The molecule has 0 amide bonds. The molecule has 1 saturated carbocycles. The number of hydrogen-bond donors (Lipinski definition) is 1. The smallest absolute Gasteiger partial charge is 0.391 e. The lowest BCUT2D eigenvalue weighted by atomic mass is 9.87. The van der Waals surface area contributed by atoms with Gasteiger partial charge in [0.25, 0.3) is 0 Å². The van der Waals surface area contributed by atoms with Gasteiger partial charge in [-0.15, -0.1) is 0 Å². The molecule has 2 aromatic rings. The summed E-state index contributed by atoms with van der Waals surface area (Å²) < 4.78 is 44.4. The van der Waals surface area contributed by atoms with E-state index in [0.717, 1.165) is 17.1 Å². The topological polar surface area (TPSA) is 75.5 Å². The van der Waals surface area contributed by atoms with Crippen molar-refractivity contribution in [1.29, 1.82) is 0 Å². The van der Waals surface area contributed by atoms with Crippen LogP contribution < -0.4 is 9.64 Å². The minimum atomic E-state index is -4.12. The highest BCUT2D eigenvalue weighted by atomic mass is 19.4. The largest absolute Gasteiger partial charge is 0.490 e. The molecule has 172 valence electrons. The van der Waals surface area contributed by atoms with E-state index in [0.29, 0.717) is 44.5 Å². The van der Waals surface area contributed by atoms with Crippen LogP contribution in [-0.2, 0) is 4.79 Å². The number of hydrogen-bond acceptors (Lipinski definition) is 5. The van der Waals surface area contributed by atoms with Gasteiger partial charge in [-0.1, -0.05) is 0 Å². The molecular formula is C23H26F3N3O3. The number of aromatic nitrogens is 2. The molecule has 0 atom stereocenters. The highest BCUT2D eigenvalue weighted by Crippen LogP contribution is 2.38. The minimum absolute atomic E-state index is 0.111. The number of carboxylic acids is 1. The van der Waals surface area contributed by atoms with Crippen LogP contribution >= 0.6 is 0 Å². The van der Waals surface area contributed by atoms with Crippen LogP contribution in [-0.4, -0.2) is 46.4 Å². The predicted molar refractivity (Wildman–Crippen MR) is 112 cm³/mol. The summed E-state index contributed by atoms with van der Waals surface area (Å²) >= 11 is 0. The number of carbonyl (C=O) groups is 1. The highest BCUT2D eigenvalue weighted by Gasteiger charge is 2.41. The third-order valence-corrected chi connectivity index (χ3v) is 6.41. The lowest BCUT2D eigenvalue weighted by Crippen LogP contribution is -2.36. The maximum atomic E-state index is 12.8. The molecule has 1 aliphatic carbocycles. The summed E-state index contributed by atoms with van der Waals surface area (Å²) in [6.45, 7) is 1.27. The Morgan fingerprint density at radius 2 is 1.66 bits per heavy atom. The number of rotatable bonds is 5. The molecule has 9 heteroatoms. The SMILES string of the molecule is O=C(O)C1CCN(c2cc(-c3ccc(OC4CCC(C(F)(F)F)CC4)cc3)ncn2)CC1. The van der Waals surface area contributed by atoms with Gasteiger partial charge in [-0.25, -0.2) is 9.97 Å². The van der Waals surface area contributed by atoms with Crippen LogP contribution in [0, 0.1) is 11.8 Å². The van der Waals surface area contributed by atoms with Crippen molar-refractivity contribution < 1.29 is 27.8 Å². The first-order valence-corrected chi connectivity index (χ1v) is 10.9. The van der Waals surface area contributed by atoms with Crippen molar-refractivity contribution in [1.82, 2.24) is 9.97 Å². The zero-order chi connectivity index (χ0) is 22.7. The summed E-state index contributed by atoms with van der Waals surface area (Å²) in [6.07, 6.45) is -0.610. The van der Waals surface area contributed by atoms with Gasteiger partial charge in [0, 0.05) is 24.7 Å². The van der Waals surface area contributed by atoms with E-state index in [9.17, 15) is 18.0 Å². The molecule has 0 unspecified atom stereocenters. The number of ether oxygens (including phenoxy) is 1. The number of piperidine rings is 1. The van der Waals surface area contributed by atoms with E-state index >= 15 is 0 Å². The first-order chi connectivity index (χ1) is 15.3. The van der Waals surface area contributed by atoms with Crippen molar-refractivity contribution in [3.63, 3.8) is 0 Å². The fourth-order valence-corrected chi connectivity index (χ4v) is 4.44. The van der Waals surface area contributed by atoms with Gasteiger partial charge in [0.05, 0.1) is 23.6 Å². The van der Waals surface area contributed by atoms with E-state index in [2.05, 4.69) is 14.9 Å². The van der Waals surface area contributed by atoms with Gasteiger partial charge >= 0.3 is 12.1 Å². The Balaban J connectivity index is 1.35. The molecule has 1 aromatic heterocycles. The molecule has 4 rings (SSSR count). The Bertz CT molecular complexity index is 920. The fraction of sp³-hybridized carbons (Fsp3) is 0.522. The van der Waals surface area contributed by atoms with Crippen LogP contribution in [0.1, 0.15) is 38.5 Å². The highest BCUT2D eigenvalue weighted by molar-refractivity contribution is 5.70. The Morgan fingerprint density at radius 1 is 1.00 bits per heavy atom. The average Bonchev–Trinajstić information content (AvgIpc) is 2.79. The number of alkyl halides is 3. The average molecular weight is 449 g/mol. The number of carboxylic acid groups (broad SMARTS) is 1. The summed E-state index contributed by atoms with van der Waals surface area (Å²) in [4.78, 5) is 21.9. The van der Waals surface area contributed by atoms with E-state index in [1.807, 2.05) is 30.3 Å². The summed E-state index contributed by atoms with van der Waals surface area (Å²) in [5, 5.41) is 9.16. The second kappa shape index (κ2) is 9.34. The first-order valence-electron chi connectivity index (χ1n) is 10.9.